The molecule has 32 heavy (non-hydrogen) atoms. The third kappa shape index (κ3) is 4.96. The summed E-state index contributed by atoms with van der Waals surface area (Å²) in [5.41, 5.74) is 0.560. The number of benzene rings is 1. The zero-order chi connectivity index (χ0) is 23.3. The van der Waals surface area contributed by atoms with Crippen LogP contribution in [0.1, 0.15) is 30.7 Å². The van der Waals surface area contributed by atoms with E-state index in [2.05, 4.69) is 0 Å². The molecule has 1 fully saturated rings. The van der Waals surface area contributed by atoms with Crippen LogP contribution in [-0.2, 0) is 23.9 Å². The van der Waals surface area contributed by atoms with E-state index < -0.39 is 22.8 Å². The average Bonchev–Trinajstić information content (AvgIpc) is 3.21. The molecule has 2 heterocycles. The molecule has 1 aromatic carbocycles. The molecule has 0 unspecified atom stereocenters. The van der Waals surface area contributed by atoms with E-state index in [-0.39, 0.29) is 22.7 Å². The molecule has 0 bridgehead atoms. The van der Waals surface area contributed by atoms with E-state index in [1.54, 1.807) is 28.3 Å². The van der Waals surface area contributed by atoms with Crippen molar-refractivity contribution >= 4 is 23.5 Å². The van der Waals surface area contributed by atoms with Crippen molar-refractivity contribution in [1.82, 2.24) is 9.80 Å². The summed E-state index contributed by atoms with van der Waals surface area (Å²) in [6.07, 6.45) is 5.20. The van der Waals surface area contributed by atoms with Crippen LogP contribution in [0.25, 0.3) is 0 Å². The predicted octanol–water partition coefficient (Wildman–Crippen LogP) is 2.12. The molecule has 0 saturated carbocycles. The lowest BCUT2D eigenvalue weighted by molar-refractivity contribution is -0.384. The van der Waals surface area contributed by atoms with Crippen molar-refractivity contribution in [2.75, 3.05) is 33.9 Å². The fourth-order valence-electron chi connectivity index (χ4n) is 3.98. The average molecular weight is 443 g/mol. The van der Waals surface area contributed by atoms with Crippen LogP contribution in [0.15, 0.2) is 47.8 Å². The molecule has 10 nitrogen and oxygen atoms in total. The van der Waals surface area contributed by atoms with Crippen LogP contribution >= 0.6 is 0 Å². The first-order valence-corrected chi connectivity index (χ1v) is 10.2. The Balaban J connectivity index is 1.92. The summed E-state index contributed by atoms with van der Waals surface area (Å²) in [7, 11) is 2.46. The summed E-state index contributed by atoms with van der Waals surface area (Å²) in [6, 6.07) is 5.77. The van der Waals surface area contributed by atoms with Gasteiger partial charge in [-0.1, -0.05) is 12.1 Å². The molecule has 170 valence electrons. The molecular formula is C22H25N3O7. The number of rotatable bonds is 8. The zero-order valence-electron chi connectivity index (χ0n) is 18.0. The van der Waals surface area contributed by atoms with Crippen LogP contribution in [0.5, 0.6) is 0 Å². The fourth-order valence-corrected chi connectivity index (χ4v) is 3.98. The van der Waals surface area contributed by atoms with E-state index >= 15 is 0 Å². The molecule has 3 rings (SSSR count). The Kier molecular flexibility index (Phi) is 7.24. The highest BCUT2D eigenvalue weighted by Crippen LogP contribution is 2.38. The first kappa shape index (κ1) is 23.0. The van der Waals surface area contributed by atoms with Gasteiger partial charge in [0.05, 0.1) is 36.2 Å². The van der Waals surface area contributed by atoms with Crippen LogP contribution in [0.2, 0.25) is 0 Å². The van der Waals surface area contributed by atoms with Gasteiger partial charge in [-0.3, -0.25) is 14.9 Å². The number of non-ortho nitro benzene ring substituents is 1. The molecule has 1 amide bonds. The Hall–Kier alpha value is -3.69. The Morgan fingerprint density at radius 3 is 2.31 bits per heavy atom. The van der Waals surface area contributed by atoms with E-state index in [9.17, 15) is 24.5 Å². The van der Waals surface area contributed by atoms with Crippen LogP contribution in [0.3, 0.4) is 0 Å². The van der Waals surface area contributed by atoms with E-state index in [0.29, 0.717) is 31.5 Å². The van der Waals surface area contributed by atoms with Crippen LogP contribution in [0.4, 0.5) is 5.69 Å². The van der Waals surface area contributed by atoms with Gasteiger partial charge in [0.1, 0.15) is 0 Å². The lowest BCUT2D eigenvalue weighted by Crippen LogP contribution is -2.31. The number of hydrogen-bond acceptors (Lipinski definition) is 8. The first-order chi connectivity index (χ1) is 15.3. The number of methoxy groups -OCH3 is 2. The van der Waals surface area contributed by atoms with Crippen molar-refractivity contribution in [3.63, 3.8) is 0 Å². The zero-order valence-corrected chi connectivity index (χ0v) is 18.0. The molecule has 0 radical (unpaired) electrons. The summed E-state index contributed by atoms with van der Waals surface area (Å²) in [6.45, 7) is 1.76. The second-order valence-electron chi connectivity index (χ2n) is 7.51. The number of carbonyl (C=O) groups excluding carboxylic acids is 3. The van der Waals surface area contributed by atoms with Crippen molar-refractivity contribution in [3.8, 4) is 0 Å². The minimum absolute atomic E-state index is 0.131. The maximum absolute atomic E-state index is 12.6. The first-order valence-electron chi connectivity index (χ1n) is 10.2. The van der Waals surface area contributed by atoms with Gasteiger partial charge >= 0.3 is 11.9 Å². The molecule has 1 saturated heterocycles. The smallest absolute Gasteiger partial charge is 0.336 e. The number of nitrogens with zero attached hydrogens (tertiary/aromatic N) is 3. The third-order valence-corrected chi connectivity index (χ3v) is 5.50. The Morgan fingerprint density at radius 1 is 1.12 bits per heavy atom. The molecule has 2 aliphatic heterocycles. The minimum Gasteiger partial charge on any atom is -0.466 e. The normalized spacial score (nSPS) is 16.5. The summed E-state index contributed by atoms with van der Waals surface area (Å²) < 4.78 is 9.86. The standard InChI is InChI=1S/C22H25N3O7/c1-31-21(27)17-13-23(9-5-11-24-10-4-8-19(24)26)14-18(22(28)32-2)20(17)15-6-3-7-16(12-15)25(29)30/h3,6-7,12-14,20H,4-5,8-11H2,1-2H3. The van der Waals surface area contributed by atoms with E-state index in [4.69, 9.17) is 9.47 Å². The van der Waals surface area contributed by atoms with Gasteiger partial charge < -0.3 is 19.3 Å². The number of likely N-dealkylation sites (tertiary alicyclic amines) is 1. The Labute approximate surface area is 185 Å². The van der Waals surface area contributed by atoms with Gasteiger partial charge in [0.2, 0.25) is 5.91 Å². The third-order valence-electron chi connectivity index (χ3n) is 5.50. The number of nitro groups is 1. The number of nitro benzene ring substituents is 1. The predicted molar refractivity (Wildman–Crippen MR) is 113 cm³/mol. The lowest BCUT2D eigenvalue weighted by atomic mass is 9.83. The molecule has 0 atom stereocenters. The van der Waals surface area contributed by atoms with Crippen LogP contribution in [0, 0.1) is 10.1 Å². The number of ether oxygens (including phenoxy) is 2. The van der Waals surface area contributed by atoms with Crippen molar-refractivity contribution in [1.29, 1.82) is 0 Å². The molecule has 0 aliphatic carbocycles. The quantitative estimate of drug-likeness (QED) is 0.340. The van der Waals surface area contributed by atoms with Crippen molar-refractivity contribution in [3.05, 3.63) is 63.5 Å². The van der Waals surface area contributed by atoms with E-state index in [1.807, 2.05) is 0 Å². The molecule has 0 aromatic heterocycles. The molecule has 10 heteroatoms. The molecule has 1 aromatic rings. The van der Waals surface area contributed by atoms with Crippen molar-refractivity contribution < 1.29 is 28.8 Å². The summed E-state index contributed by atoms with van der Waals surface area (Å²) in [5.74, 6) is -2.07. The molecular weight excluding hydrogens is 418 g/mol. The number of hydrogen-bond donors (Lipinski definition) is 0. The molecule has 0 N–H and O–H groups in total. The summed E-state index contributed by atoms with van der Waals surface area (Å²) >= 11 is 0. The SMILES string of the molecule is COC(=O)C1=CN(CCCN2CCCC2=O)C=C(C(=O)OC)C1c1cccc([N+](=O)[O-])c1. The lowest BCUT2D eigenvalue weighted by Gasteiger charge is -2.30. The summed E-state index contributed by atoms with van der Waals surface area (Å²) in [5, 5.41) is 11.2. The Bertz CT molecular complexity index is 951. The van der Waals surface area contributed by atoms with E-state index in [0.717, 1.165) is 13.0 Å². The minimum atomic E-state index is -0.883. The number of amides is 1. The molecule has 2 aliphatic rings. The van der Waals surface area contributed by atoms with Gasteiger partial charge in [0.25, 0.3) is 5.69 Å². The van der Waals surface area contributed by atoms with Crippen LogP contribution in [-0.4, -0.2) is 66.4 Å². The largest absolute Gasteiger partial charge is 0.466 e. The highest BCUT2D eigenvalue weighted by molar-refractivity contribution is 5.98. The van der Waals surface area contributed by atoms with Gasteiger partial charge in [0, 0.05) is 50.6 Å². The number of carbonyl (C=O) groups is 3. The highest BCUT2D eigenvalue weighted by Gasteiger charge is 2.35. The maximum atomic E-state index is 12.6. The van der Waals surface area contributed by atoms with Crippen molar-refractivity contribution in [2.45, 2.75) is 25.2 Å². The van der Waals surface area contributed by atoms with Gasteiger partial charge in [-0.05, 0) is 18.4 Å². The maximum Gasteiger partial charge on any atom is 0.336 e. The van der Waals surface area contributed by atoms with Crippen LogP contribution < -0.4 is 0 Å². The van der Waals surface area contributed by atoms with Gasteiger partial charge in [0.15, 0.2) is 0 Å². The van der Waals surface area contributed by atoms with E-state index in [1.165, 1.54) is 32.4 Å². The monoisotopic (exact) mass is 443 g/mol. The fraction of sp³-hybridized carbons (Fsp3) is 0.409. The van der Waals surface area contributed by atoms with Crippen molar-refractivity contribution in [2.24, 2.45) is 0 Å². The second kappa shape index (κ2) is 10.1. The molecule has 0 spiro atoms. The van der Waals surface area contributed by atoms with Gasteiger partial charge in [-0.2, -0.15) is 0 Å². The number of esters is 2. The highest BCUT2D eigenvalue weighted by atomic mass is 16.6. The van der Waals surface area contributed by atoms with Gasteiger partial charge in [-0.25, -0.2) is 9.59 Å². The Morgan fingerprint density at radius 2 is 1.78 bits per heavy atom. The second-order valence-corrected chi connectivity index (χ2v) is 7.51. The summed E-state index contributed by atoms with van der Waals surface area (Å²) in [4.78, 5) is 51.2. The topological polar surface area (TPSA) is 119 Å². The van der Waals surface area contributed by atoms with Gasteiger partial charge in [-0.15, -0.1) is 0 Å².